The normalized spacial score (nSPS) is 12.4. The van der Waals surface area contributed by atoms with E-state index in [9.17, 15) is 14.4 Å². The number of nitrogens with one attached hydrogen (secondary N) is 1. The molecule has 0 aliphatic heterocycles. The van der Waals surface area contributed by atoms with Gasteiger partial charge >= 0.3 is 5.97 Å². The fraction of sp³-hybridized carbons (Fsp3) is 0.227. The topological polar surface area (TPSA) is 108 Å². The number of amides is 2. The molecule has 1 aromatic heterocycles. The number of nitrogens with two attached hydrogens (primary N) is 1. The highest BCUT2D eigenvalue weighted by molar-refractivity contribution is 7.17. The quantitative estimate of drug-likeness (QED) is 0.567. The highest BCUT2D eigenvalue weighted by atomic mass is 32.1. The number of esters is 1. The summed E-state index contributed by atoms with van der Waals surface area (Å²) in [6.07, 6.45) is 2.63. The number of ether oxygens (including phenoxy) is 2. The largest absolute Gasteiger partial charge is 0.482 e. The first-order valence-electron chi connectivity index (χ1n) is 9.52. The van der Waals surface area contributed by atoms with Gasteiger partial charge in [-0.05, 0) is 47.7 Å². The summed E-state index contributed by atoms with van der Waals surface area (Å²) in [6, 6.07) is 13.3. The van der Waals surface area contributed by atoms with Crippen molar-refractivity contribution in [2.24, 2.45) is 5.73 Å². The van der Waals surface area contributed by atoms with Gasteiger partial charge in [0.05, 0.1) is 5.56 Å². The van der Waals surface area contributed by atoms with Crippen molar-refractivity contribution < 1.29 is 23.9 Å². The van der Waals surface area contributed by atoms with E-state index in [0.717, 1.165) is 40.5 Å². The van der Waals surface area contributed by atoms with Gasteiger partial charge in [-0.15, -0.1) is 11.3 Å². The van der Waals surface area contributed by atoms with E-state index in [2.05, 4.69) is 5.32 Å². The van der Waals surface area contributed by atoms with Gasteiger partial charge in [-0.1, -0.05) is 30.3 Å². The van der Waals surface area contributed by atoms with Crippen LogP contribution in [0.15, 0.2) is 42.5 Å². The highest BCUT2D eigenvalue weighted by Crippen LogP contribution is 2.38. The Kier molecular flexibility index (Phi) is 5.67. The Morgan fingerprint density at radius 1 is 1.03 bits per heavy atom. The number of carbonyl (C=O) groups excluding carboxylic acids is 3. The Morgan fingerprint density at radius 2 is 1.83 bits per heavy atom. The highest BCUT2D eigenvalue weighted by Gasteiger charge is 2.26. The lowest BCUT2D eigenvalue weighted by Crippen LogP contribution is -2.24. The average molecular weight is 424 g/mol. The summed E-state index contributed by atoms with van der Waals surface area (Å²) in [7, 11) is 0. The maximum absolute atomic E-state index is 12.2. The predicted molar refractivity (Wildman–Crippen MR) is 114 cm³/mol. The van der Waals surface area contributed by atoms with Crippen LogP contribution in [0, 0.1) is 0 Å². The Hall–Kier alpha value is -3.39. The van der Waals surface area contributed by atoms with Crippen LogP contribution in [-0.4, -0.2) is 31.0 Å². The first kappa shape index (κ1) is 19.9. The minimum Gasteiger partial charge on any atom is -0.482 e. The van der Waals surface area contributed by atoms with E-state index in [-0.39, 0.29) is 6.61 Å². The molecule has 0 saturated carbocycles. The molecule has 0 fully saturated rings. The van der Waals surface area contributed by atoms with Crippen LogP contribution in [0.5, 0.6) is 5.75 Å². The van der Waals surface area contributed by atoms with E-state index < -0.39 is 24.4 Å². The molecule has 154 valence electrons. The minimum absolute atomic E-state index is 0.314. The van der Waals surface area contributed by atoms with Crippen molar-refractivity contribution in [1.82, 2.24) is 0 Å². The predicted octanol–water partition coefficient (Wildman–Crippen LogP) is 3.05. The van der Waals surface area contributed by atoms with Gasteiger partial charge in [0.25, 0.3) is 11.8 Å². The fourth-order valence-corrected chi connectivity index (χ4v) is 4.81. The molecule has 0 unspecified atom stereocenters. The van der Waals surface area contributed by atoms with E-state index in [1.807, 2.05) is 36.4 Å². The molecule has 0 bridgehead atoms. The van der Waals surface area contributed by atoms with E-state index in [4.69, 9.17) is 15.2 Å². The summed E-state index contributed by atoms with van der Waals surface area (Å²) in [5.74, 6) is -1.22. The number of hydrogen-bond acceptors (Lipinski definition) is 6. The second kappa shape index (κ2) is 8.54. The lowest BCUT2D eigenvalue weighted by molar-refractivity contribution is -0.149. The number of primary amides is 1. The first-order valence-corrected chi connectivity index (χ1v) is 10.3. The third-order valence-corrected chi connectivity index (χ3v) is 6.07. The molecule has 3 N–H and O–H groups in total. The fourth-order valence-electron chi connectivity index (χ4n) is 3.50. The van der Waals surface area contributed by atoms with Crippen molar-refractivity contribution in [2.75, 3.05) is 18.5 Å². The third kappa shape index (κ3) is 4.28. The molecule has 0 atom stereocenters. The Morgan fingerprint density at radius 3 is 2.63 bits per heavy atom. The molecule has 30 heavy (non-hydrogen) atoms. The molecular formula is C22H20N2O5S. The summed E-state index contributed by atoms with van der Waals surface area (Å²) in [4.78, 5) is 36.9. The van der Waals surface area contributed by atoms with Crippen LogP contribution in [0.3, 0.4) is 0 Å². The molecule has 3 aromatic rings. The number of fused-ring (bicyclic) bond motifs is 2. The first-order chi connectivity index (χ1) is 14.5. The second-order valence-corrected chi connectivity index (χ2v) is 8.04. The van der Waals surface area contributed by atoms with E-state index >= 15 is 0 Å². The summed E-state index contributed by atoms with van der Waals surface area (Å²) in [5.41, 5.74) is 6.76. The summed E-state index contributed by atoms with van der Waals surface area (Å²) in [6.45, 7) is -0.786. The lowest BCUT2D eigenvalue weighted by atomic mass is 10.1. The van der Waals surface area contributed by atoms with Crippen molar-refractivity contribution in [3.8, 4) is 5.75 Å². The van der Waals surface area contributed by atoms with Crippen LogP contribution in [0.2, 0.25) is 0 Å². The van der Waals surface area contributed by atoms with Crippen LogP contribution in [0.1, 0.15) is 27.2 Å². The third-order valence-electron chi connectivity index (χ3n) is 4.86. The van der Waals surface area contributed by atoms with Gasteiger partial charge in [0.2, 0.25) is 0 Å². The number of benzene rings is 2. The van der Waals surface area contributed by atoms with E-state index in [0.29, 0.717) is 16.3 Å². The van der Waals surface area contributed by atoms with Gasteiger partial charge in [-0.3, -0.25) is 9.59 Å². The Labute approximate surface area is 176 Å². The number of carbonyl (C=O) groups is 3. The van der Waals surface area contributed by atoms with Crippen molar-refractivity contribution >= 4 is 44.9 Å². The summed E-state index contributed by atoms with van der Waals surface area (Å²) in [5, 5.41) is 5.11. The molecule has 2 aromatic carbocycles. The molecule has 8 heteroatoms. The summed E-state index contributed by atoms with van der Waals surface area (Å²) >= 11 is 1.35. The maximum atomic E-state index is 12.2. The van der Waals surface area contributed by atoms with E-state index in [1.54, 1.807) is 6.07 Å². The van der Waals surface area contributed by atoms with Gasteiger partial charge in [0.15, 0.2) is 13.2 Å². The molecule has 0 radical (unpaired) electrons. The molecule has 1 aliphatic rings. The second-order valence-electron chi connectivity index (χ2n) is 6.93. The average Bonchev–Trinajstić information content (AvgIpc) is 3.31. The van der Waals surface area contributed by atoms with Gasteiger partial charge in [-0.2, -0.15) is 0 Å². The molecular weight excluding hydrogens is 404 g/mol. The molecule has 0 saturated heterocycles. The maximum Gasteiger partial charge on any atom is 0.344 e. The Bertz CT molecular complexity index is 1140. The molecule has 0 spiro atoms. The minimum atomic E-state index is -0.665. The zero-order valence-corrected chi connectivity index (χ0v) is 16.9. The monoisotopic (exact) mass is 424 g/mol. The van der Waals surface area contributed by atoms with Gasteiger partial charge < -0.3 is 20.5 Å². The zero-order valence-electron chi connectivity index (χ0n) is 16.1. The van der Waals surface area contributed by atoms with Crippen LogP contribution in [0.25, 0.3) is 10.8 Å². The zero-order chi connectivity index (χ0) is 21.1. The van der Waals surface area contributed by atoms with E-state index in [1.165, 1.54) is 11.3 Å². The van der Waals surface area contributed by atoms with Crippen LogP contribution in [-0.2, 0) is 27.2 Å². The number of hydrogen-bond donors (Lipinski definition) is 2. The molecule has 4 rings (SSSR count). The molecule has 7 nitrogen and oxygen atoms in total. The van der Waals surface area contributed by atoms with Crippen molar-refractivity contribution in [3.63, 3.8) is 0 Å². The van der Waals surface area contributed by atoms with Gasteiger partial charge in [0.1, 0.15) is 10.8 Å². The molecule has 2 amide bonds. The van der Waals surface area contributed by atoms with Crippen LogP contribution >= 0.6 is 11.3 Å². The SMILES string of the molecule is NC(=O)c1c(NC(=O)COC(=O)COc2ccc3ccccc3c2)sc2c1CCC2. The van der Waals surface area contributed by atoms with Gasteiger partial charge in [0, 0.05) is 4.88 Å². The molecule has 1 aliphatic carbocycles. The van der Waals surface area contributed by atoms with Crippen molar-refractivity contribution in [3.05, 3.63) is 58.5 Å². The van der Waals surface area contributed by atoms with Crippen molar-refractivity contribution in [2.45, 2.75) is 19.3 Å². The van der Waals surface area contributed by atoms with Crippen LogP contribution in [0.4, 0.5) is 5.00 Å². The van der Waals surface area contributed by atoms with Crippen LogP contribution < -0.4 is 15.8 Å². The smallest absolute Gasteiger partial charge is 0.344 e. The Balaban J connectivity index is 1.29. The number of thiophene rings is 1. The summed E-state index contributed by atoms with van der Waals surface area (Å²) < 4.78 is 10.4. The van der Waals surface area contributed by atoms with Crippen molar-refractivity contribution in [1.29, 1.82) is 0 Å². The molecule has 1 heterocycles. The lowest BCUT2D eigenvalue weighted by Gasteiger charge is -2.09. The number of anilines is 1. The number of aryl methyl sites for hydroxylation is 1. The number of rotatable bonds is 7. The van der Waals surface area contributed by atoms with Gasteiger partial charge in [-0.25, -0.2) is 4.79 Å². The standard InChI is InChI=1S/C22H20N2O5S/c23-21(27)20-16-6-3-7-17(16)30-22(20)24-18(25)11-29-19(26)12-28-15-9-8-13-4-1-2-5-14(13)10-15/h1-2,4-5,8-10H,3,6-7,11-12H2,(H2,23,27)(H,24,25).